The molecule has 1 saturated heterocycles. The summed E-state index contributed by atoms with van der Waals surface area (Å²) in [7, 11) is 0. The maximum Gasteiger partial charge on any atom is 0.335 e. The van der Waals surface area contributed by atoms with Crippen molar-refractivity contribution in [3.8, 4) is 0 Å². The molecular weight excluding hydrogens is 346 g/mol. The van der Waals surface area contributed by atoms with E-state index in [1.165, 1.54) is 0 Å². The van der Waals surface area contributed by atoms with Crippen LogP contribution in [0.15, 0.2) is 24.3 Å². The van der Waals surface area contributed by atoms with Crippen LogP contribution in [0, 0.1) is 0 Å². The van der Waals surface area contributed by atoms with Gasteiger partial charge >= 0.3 is 5.97 Å². The molecule has 148 valence electrons. The van der Waals surface area contributed by atoms with Gasteiger partial charge in [0.15, 0.2) is 12.2 Å². The molecule has 1 aromatic carbocycles. The molecule has 4 unspecified atom stereocenters. The molecule has 3 rings (SSSR count). The molecule has 6 nitrogen and oxygen atoms in total. The minimum Gasteiger partial charge on any atom is -0.451 e. The van der Waals surface area contributed by atoms with Gasteiger partial charge in [-0.15, -0.1) is 0 Å². The highest BCUT2D eigenvalue weighted by Gasteiger charge is 2.33. The van der Waals surface area contributed by atoms with Crippen molar-refractivity contribution < 1.29 is 23.8 Å². The van der Waals surface area contributed by atoms with E-state index in [2.05, 4.69) is 0 Å². The summed E-state index contributed by atoms with van der Waals surface area (Å²) < 4.78 is 16.5. The smallest absolute Gasteiger partial charge is 0.335 e. The van der Waals surface area contributed by atoms with Crippen molar-refractivity contribution in [3.05, 3.63) is 29.8 Å². The molecule has 1 aromatic rings. The molecule has 0 saturated carbocycles. The van der Waals surface area contributed by atoms with Crippen LogP contribution in [0.4, 0.5) is 5.69 Å². The third-order valence-electron chi connectivity index (χ3n) is 5.29. The highest BCUT2D eigenvalue weighted by Crippen LogP contribution is 2.31. The zero-order chi connectivity index (χ0) is 19.4. The molecule has 4 atom stereocenters. The number of carbonyl (C=O) groups excluding carboxylic acids is 2. The van der Waals surface area contributed by atoms with Crippen LogP contribution >= 0.6 is 0 Å². The Balaban J connectivity index is 1.57. The standard InChI is InChI=1S/C21H29NO5/c1-14-10-11-17-7-4-5-9-19(17)22(14)20(23)15(2)27-21(24)16(3)26-13-18-8-6-12-25-18/h4-5,7,9,14-16,18H,6,8,10-13H2,1-3H3. The van der Waals surface area contributed by atoms with Crippen molar-refractivity contribution in [3.63, 3.8) is 0 Å². The van der Waals surface area contributed by atoms with Crippen molar-refractivity contribution in [2.24, 2.45) is 0 Å². The van der Waals surface area contributed by atoms with Crippen LogP contribution in [0.3, 0.4) is 0 Å². The molecule has 0 bridgehead atoms. The summed E-state index contributed by atoms with van der Waals surface area (Å²) in [5, 5.41) is 0. The topological polar surface area (TPSA) is 65.1 Å². The number of benzene rings is 1. The molecule has 1 fully saturated rings. The number of hydrogen-bond acceptors (Lipinski definition) is 5. The number of esters is 1. The van der Waals surface area contributed by atoms with Crippen LogP contribution in [-0.2, 0) is 30.2 Å². The number of ether oxygens (including phenoxy) is 3. The number of carbonyl (C=O) groups is 2. The van der Waals surface area contributed by atoms with Gasteiger partial charge in [0.1, 0.15) is 0 Å². The fourth-order valence-electron chi connectivity index (χ4n) is 3.64. The van der Waals surface area contributed by atoms with E-state index < -0.39 is 18.2 Å². The normalized spacial score (nSPS) is 24.2. The maximum atomic E-state index is 13.0. The number of aryl methyl sites for hydroxylation is 1. The van der Waals surface area contributed by atoms with Gasteiger partial charge in [-0.2, -0.15) is 0 Å². The number of amides is 1. The third-order valence-corrected chi connectivity index (χ3v) is 5.29. The van der Waals surface area contributed by atoms with Crippen molar-refractivity contribution in [1.29, 1.82) is 0 Å². The lowest BCUT2D eigenvalue weighted by Gasteiger charge is -2.36. The lowest BCUT2D eigenvalue weighted by Crippen LogP contribution is -2.48. The van der Waals surface area contributed by atoms with E-state index in [1.807, 2.05) is 31.2 Å². The van der Waals surface area contributed by atoms with Gasteiger partial charge in [0.2, 0.25) is 0 Å². The molecule has 1 amide bonds. The van der Waals surface area contributed by atoms with Gasteiger partial charge in [-0.25, -0.2) is 4.79 Å². The van der Waals surface area contributed by atoms with E-state index in [9.17, 15) is 9.59 Å². The van der Waals surface area contributed by atoms with Crippen molar-refractivity contribution in [2.75, 3.05) is 18.1 Å². The SMILES string of the molecule is CC(OCC1CCCO1)C(=O)OC(C)C(=O)N1c2ccccc2CCC1C. The van der Waals surface area contributed by atoms with Gasteiger partial charge in [0, 0.05) is 18.3 Å². The fourth-order valence-corrected chi connectivity index (χ4v) is 3.64. The van der Waals surface area contributed by atoms with Gasteiger partial charge in [-0.1, -0.05) is 18.2 Å². The second-order valence-electron chi connectivity index (χ2n) is 7.41. The van der Waals surface area contributed by atoms with Crippen LogP contribution in [0.2, 0.25) is 0 Å². The first-order valence-electron chi connectivity index (χ1n) is 9.82. The lowest BCUT2D eigenvalue weighted by atomic mass is 9.96. The monoisotopic (exact) mass is 375 g/mol. The highest BCUT2D eigenvalue weighted by atomic mass is 16.6. The quantitative estimate of drug-likeness (QED) is 0.716. The van der Waals surface area contributed by atoms with Gasteiger partial charge in [-0.3, -0.25) is 4.79 Å². The summed E-state index contributed by atoms with van der Waals surface area (Å²) in [6.45, 7) is 6.41. The average molecular weight is 375 g/mol. The largest absolute Gasteiger partial charge is 0.451 e. The third kappa shape index (κ3) is 4.68. The van der Waals surface area contributed by atoms with E-state index in [1.54, 1.807) is 18.7 Å². The first-order chi connectivity index (χ1) is 13.0. The molecule has 0 N–H and O–H groups in total. The summed E-state index contributed by atoms with van der Waals surface area (Å²) in [6.07, 6.45) is 2.27. The van der Waals surface area contributed by atoms with Crippen LogP contribution in [-0.4, -0.2) is 49.4 Å². The number of para-hydroxylation sites is 1. The van der Waals surface area contributed by atoms with Crippen LogP contribution in [0.25, 0.3) is 0 Å². The molecule has 0 spiro atoms. The van der Waals surface area contributed by atoms with Crippen LogP contribution < -0.4 is 4.90 Å². The van der Waals surface area contributed by atoms with E-state index in [0.717, 1.165) is 43.5 Å². The van der Waals surface area contributed by atoms with Crippen molar-refractivity contribution in [2.45, 2.75) is 70.8 Å². The second kappa shape index (κ2) is 8.85. The summed E-state index contributed by atoms with van der Waals surface area (Å²) in [6, 6.07) is 7.97. The summed E-state index contributed by atoms with van der Waals surface area (Å²) in [4.78, 5) is 27.1. The van der Waals surface area contributed by atoms with Gasteiger partial charge < -0.3 is 19.1 Å². The first-order valence-corrected chi connectivity index (χ1v) is 9.82. The van der Waals surface area contributed by atoms with E-state index in [4.69, 9.17) is 14.2 Å². The number of rotatable bonds is 6. The Morgan fingerprint density at radius 2 is 2.00 bits per heavy atom. The highest BCUT2D eigenvalue weighted by molar-refractivity contribution is 5.99. The zero-order valence-electron chi connectivity index (χ0n) is 16.3. The Labute approximate surface area is 160 Å². The zero-order valence-corrected chi connectivity index (χ0v) is 16.3. The molecule has 2 heterocycles. The number of anilines is 1. The number of fused-ring (bicyclic) bond motifs is 1. The summed E-state index contributed by atoms with van der Waals surface area (Å²) in [5.74, 6) is -0.721. The maximum absolute atomic E-state index is 13.0. The van der Waals surface area contributed by atoms with Crippen LogP contribution in [0.1, 0.15) is 45.6 Å². The fraction of sp³-hybridized carbons (Fsp3) is 0.619. The van der Waals surface area contributed by atoms with E-state index in [0.29, 0.717) is 6.61 Å². The first kappa shape index (κ1) is 19.8. The van der Waals surface area contributed by atoms with Gasteiger partial charge in [0.25, 0.3) is 5.91 Å². The van der Waals surface area contributed by atoms with Crippen molar-refractivity contribution >= 4 is 17.6 Å². The van der Waals surface area contributed by atoms with Crippen molar-refractivity contribution in [1.82, 2.24) is 0 Å². The molecule has 2 aliphatic rings. The van der Waals surface area contributed by atoms with Crippen LogP contribution in [0.5, 0.6) is 0 Å². The summed E-state index contributed by atoms with van der Waals surface area (Å²) >= 11 is 0. The minimum atomic E-state index is -0.861. The van der Waals surface area contributed by atoms with E-state index >= 15 is 0 Å². The molecule has 2 aliphatic heterocycles. The molecule has 0 aromatic heterocycles. The predicted molar refractivity (Wildman–Crippen MR) is 102 cm³/mol. The molecule has 0 aliphatic carbocycles. The average Bonchev–Trinajstić information content (AvgIpc) is 3.19. The Morgan fingerprint density at radius 1 is 1.22 bits per heavy atom. The lowest BCUT2D eigenvalue weighted by molar-refractivity contribution is -0.165. The Kier molecular flexibility index (Phi) is 6.50. The molecule has 6 heteroatoms. The van der Waals surface area contributed by atoms with Gasteiger partial charge in [0.05, 0.1) is 12.7 Å². The summed E-state index contributed by atoms with van der Waals surface area (Å²) in [5.41, 5.74) is 2.06. The number of hydrogen-bond donors (Lipinski definition) is 0. The molecular formula is C21H29NO5. The number of nitrogens with zero attached hydrogens (tertiary/aromatic N) is 1. The molecule has 27 heavy (non-hydrogen) atoms. The van der Waals surface area contributed by atoms with Gasteiger partial charge in [-0.05, 0) is 58.1 Å². The van der Waals surface area contributed by atoms with E-state index in [-0.39, 0.29) is 18.1 Å². The minimum absolute atomic E-state index is 0.0463. The Hall–Kier alpha value is -1.92. The Morgan fingerprint density at radius 3 is 2.74 bits per heavy atom. The molecule has 0 radical (unpaired) electrons. The second-order valence-corrected chi connectivity index (χ2v) is 7.41. The Bertz CT molecular complexity index is 670. The predicted octanol–water partition coefficient (Wildman–Crippen LogP) is 2.87.